The van der Waals surface area contributed by atoms with Crippen LogP contribution in [0.25, 0.3) is 11.0 Å². The van der Waals surface area contributed by atoms with Gasteiger partial charge in [-0.15, -0.1) is 0 Å². The molecule has 0 atom stereocenters. The van der Waals surface area contributed by atoms with Gasteiger partial charge < -0.3 is 4.42 Å². The second-order valence-electron chi connectivity index (χ2n) is 3.66. The monoisotopic (exact) mass is 207 g/mol. The van der Waals surface area contributed by atoms with Crippen molar-refractivity contribution >= 4 is 11.0 Å². The minimum atomic E-state index is -0.684. The van der Waals surface area contributed by atoms with Crippen LogP contribution >= 0.6 is 0 Å². The highest BCUT2D eigenvalue weighted by Gasteiger charge is 2.10. The molecule has 2 aromatic rings. The molecule has 0 aliphatic rings. The van der Waals surface area contributed by atoms with Crippen LogP contribution in [-0.4, -0.2) is 4.98 Å². The van der Waals surface area contributed by atoms with Gasteiger partial charge in [0.2, 0.25) is 0 Å². The third kappa shape index (κ3) is 1.75. The fraction of sp³-hybridized carbons (Fsp3) is 0.273. The van der Waals surface area contributed by atoms with Crippen LogP contribution in [0.1, 0.15) is 25.5 Å². The zero-order valence-corrected chi connectivity index (χ0v) is 8.45. The van der Waals surface area contributed by atoms with Crippen molar-refractivity contribution in [3.8, 4) is 0 Å². The van der Waals surface area contributed by atoms with E-state index >= 15 is 0 Å². The first-order valence-electron chi connectivity index (χ1n) is 4.68. The summed E-state index contributed by atoms with van der Waals surface area (Å²) in [6, 6.07) is 4.11. The van der Waals surface area contributed by atoms with Crippen molar-refractivity contribution in [3.05, 3.63) is 40.3 Å². The Morgan fingerprint density at radius 2 is 2.13 bits per heavy atom. The van der Waals surface area contributed by atoms with Gasteiger partial charge in [-0.05, 0) is 18.1 Å². The average Bonchev–Trinajstić information content (AvgIpc) is 2.15. The normalized spacial score (nSPS) is 11.2. The second-order valence-corrected chi connectivity index (χ2v) is 3.66. The van der Waals surface area contributed by atoms with Crippen LogP contribution in [0.2, 0.25) is 0 Å². The fourth-order valence-corrected chi connectivity index (χ4v) is 1.51. The van der Waals surface area contributed by atoms with Gasteiger partial charge in [0.1, 0.15) is 11.4 Å². The summed E-state index contributed by atoms with van der Waals surface area (Å²) < 4.78 is 17.7. The van der Waals surface area contributed by atoms with Crippen molar-refractivity contribution < 1.29 is 8.81 Å². The zero-order chi connectivity index (χ0) is 11.0. The predicted octanol–water partition coefficient (Wildman–Crippen LogP) is 2.45. The summed E-state index contributed by atoms with van der Waals surface area (Å²) in [5.41, 5.74) is 0.889. The molecule has 0 aliphatic heterocycles. The number of fused-ring (bicyclic) bond motifs is 1. The number of aromatic nitrogens is 1. The van der Waals surface area contributed by atoms with Gasteiger partial charge in [-0.3, -0.25) is 0 Å². The molecule has 78 valence electrons. The SMILES string of the molecule is CC(C)c1nc(=O)oc2cc(F)ccc12. The van der Waals surface area contributed by atoms with Crippen LogP contribution in [0.5, 0.6) is 0 Å². The van der Waals surface area contributed by atoms with Crippen LogP contribution in [-0.2, 0) is 0 Å². The summed E-state index contributed by atoms with van der Waals surface area (Å²) in [4.78, 5) is 14.9. The molecule has 0 saturated carbocycles. The van der Waals surface area contributed by atoms with Crippen molar-refractivity contribution in [1.29, 1.82) is 0 Å². The summed E-state index contributed by atoms with van der Waals surface area (Å²) in [6.45, 7) is 3.84. The van der Waals surface area contributed by atoms with Crippen LogP contribution in [0.3, 0.4) is 0 Å². The zero-order valence-electron chi connectivity index (χ0n) is 8.45. The van der Waals surface area contributed by atoms with E-state index in [9.17, 15) is 9.18 Å². The van der Waals surface area contributed by atoms with Gasteiger partial charge in [-0.2, -0.15) is 4.98 Å². The number of halogens is 1. The molecule has 0 fully saturated rings. The Kier molecular flexibility index (Phi) is 2.26. The molecule has 1 heterocycles. The molecule has 0 N–H and O–H groups in total. The molecule has 4 heteroatoms. The molecular weight excluding hydrogens is 197 g/mol. The summed E-state index contributed by atoms with van der Waals surface area (Å²) in [7, 11) is 0. The van der Waals surface area contributed by atoms with E-state index in [1.165, 1.54) is 12.1 Å². The largest absolute Gasteiger partial charge is 0.439 e. The molecule has 0 bridgehead atoms. The molecule has 0 aliphatic carbocycles. The molecule has 0 spiro atoms. The first-order chi connectivity index (χ1) is 7.08. The Morgan fingerprint density at radius 1 is 1.40 bits per heavy atom. The molecule has 0 amide bonds. The van der Waals surface area contributed by atoms with E-state index in [-0.39, 0.29) is 11.5 Å². The maximum Gasteiger partial charge on any atom is 0.439 e. The van der Waals surface area contributed by atoms with Gasteiger partial charge in [-0.25, -0.2) is 9.18 Å². The highest BCUT2D eigenvalue weighted by atomic mass is 19.1. The fourth-order valence-electron chi connectivity index (χ4n) is 1.51. The van der Waals surface area contributed by atoms with E-state index in [1.807, 2.05) is 13.8 Å². The molecule has 1 aromatic carbocycles. The maximum atomic E-state index is 12.9. The Labute approximate surface area is 85.6 Å². The van der Waals surface area contributed by atoms with Gasteiger partial charge in [0.15, 0.2) is 0 Å². The van der Waals surface area contributed by atoms with E-state index in [1.54, 1.807) is 6.07 Å². The van der Waals surface area contributed by atoms with E-state index < -0.39 is 11.6 Å². The van der Waals surface area contributed by atoms with E-state index in [0.717, 1.165) is 0 Å². The van der Waals surface area contributed by atoms with Gasteiger partial charge in [0, 0.05) is 11.5 Å². The molecule has 0 saturated heterocycles. The molecular formula is C11H10FNO2. The van der Waals surface area contributed by atoms with Crippen LogP contribution in [0.4, 0.5) is 4.39 Å². The third-order valence-corrected chi connectivity index (χ3v) is 2.18. The van der Waals surface area contributed by atoms with Crippen LogP contribution < -0.4 is 5.76 Å². The van der Waals surface area contributed by atoms with Gasteiger partial charge in [-0.1, -0.05) is 13.8 Å². The van der Waals surface area contributed by atoms with Crippen LogP contribution in [0.15, 0.2) is 27.4 Å². The van der Waals surface area contributed by atoms with E-state index in [0.29, 0.717) is 11.1 Å². The average molecular weight is 207 g/mol. The molecule has 2 rings (SSSR count). The lowest BCUT2D eigenvalue weighted by Gasteiger charge is -2.06. The molecule has 15 heavy (non-hydrogen) atoms. The van der Waals surface area contributed by atoms with Crippen LogP contribution in [0, 0.1) is 5.82 Å². The minimum absolute atomic E-state index is 0.0991. The van der Waals surface area contributed by atoms with Gasteiger partial charge in [0.05, 0.1) is 5.69 Å². The Bertz CT molecular complexity index is 560. The highest BCUT2D eigenvalue weighted by Crippen LogP contribution is 2.22. The number of rotatable bonds is 1. The first kappa shape index (κ1) is 9.83. The maximum absolute atomic E-state index is 12.9. The lowest BCUT2D eigenvalue weighted by molar-refractivity contribution is 0.519. The number of hydrogen-bond donors (Lipinski definition) is 0. The Balaban J connectivity index is 2.86. The standard InChI is InChI=1S/C11H10FNO2/c1-6(2)10-8-4-3-7(12)5-9(8)15-11(14)13-10/h3-6H,1-2H3. The summed E-state index contributed by atoms with van der Waals surface area (Å²) >= 11 is 0. The molecule has 0 radical (unpaired) electrons. The van der Waals surface area contributed by atoms with Gasteiger partial charge >= 0.3 is 5.76 Å². The summed E-state index contributed by atoms with van der Waals surface area (Å²) in [5, 5.41) is 0.686. The van der Waals surface area contributed by atoms with Crippen molar-refractivity contribution in [2.75, 3.05) is 0 Å². The quantitative estimate of drug-likeness (QED) is 0.721. The predicted molar refractivity (Wildman–Crippen MR) is 54.3 cm³/mol. The van der Waals surface area contributed by atoms with Crippen molar-refractivity contribution in [3.63, 3.8) is 0 Å². The number of hydrogen-bond acceptors (Lipinski definition) is 3. The van der Waals surface area contributed by atoms with Crippen molar-refractivity contribution in [2.45, 2.75) is 19.8 Å². The number of nitrogens with zero attached hydrogens (tertiary/aromatic N) is 1. The smallest absolute Gasteiger partial charge is 0.408 e. The van der Waals surface area contributed by atoms with E-state index in [2.05, 4.69) is 4.98 Å². The first-order valence-corrected chi connectivity index (χ1v) is 4.68. The second kappa shape index (κ2) is 3.46. The lowest BCUT2D eigenvalue weighted by atomic mass is 10.1. The van der Waals surface area contributed by atoms with Gasteiger partial charge in [0.25, 0.3) is 0 Å². The van der Waals surface area contributed by atoms with Crippen molar-refractivity contribution in [2.24, 2.45) is 0 Å². The third-order valence-electron chi connectivity index (χ3n) is 2.18. The summed E-state index contributed by atoms with van der Waals surface area (Å²) in [6.07, 6.45) is 0. The van der Waals surface area contributed by atoms with E-state index in [4.69, 9.17) is 4.42 Å². The Morgan fingerprint density at radius 3 is 2.80 bits per heavy atom. The molecule has 0 unspecified atom stereocenters. The minimum Gasteiger partial charge on any atom is -0.408 e. The topological polar surface area (TPSA) is 43.1 Å². The molecule has 3 nitrogen and oxygen atoms in total. The molecule has 1 aromatic heterocycles. The lowest BCUT2D eigenvalue weighted by Crippen LogP contribution is -2.09. The highest BCUT2D eigenvalue weighted by molar-refractivity contribution is 5.79. The van der Waals surface area contributed by atoms with Crippen molar-refractivity contribution in [1.82, 2.24) is 4.98 Å². The Hall–Kier alpha value is -1.71. The summed E-state index contributed by atoms with van der Waals surface area (Å²) in [5.74, 6) is -1.01. The number of benzene rings is 1.